The highest BCUT2D eigenvalue weighted by molar-refractivity contribution is 6.01. The molecular formula is C20H15F2N5O. The zero-order valence-electron chi connectivity index (χ0n) is 14.9. The van der Waals surface area contributed by atoms with Crippen molar-refractivity contribution in [1.82, 2.24) is 4.90 Å². The van der Waals surface area contributed by atoms with Gasteiger partial charge in [0.1, 0.15) is 17.6 Å². The fourth-order valence-electron chi connectivity index (χ4n) is 4.16. The van der Waals surface area contributed by atoms with Gasteiger partial charge in [0.05, 0.1) is 23.9 Å². The van der Waals surface area contributed by atoms with Crippen LogP contribution in [0.15, 0.2) is 29.8 Å². The van der Waals surface area contributed by atoms with E-state index in [1.165, 1.54) is 11.8 Å². The van der Waals surface area contributed by atoms with Crippen molar-refractivity contribution < 1.29 is 13.6 Å². The number of halogens is 2. The molecule has 0 bridgehead atoms. The van der Waals surface area contributed by atoms with Gasteiger partial charge in [0.25, 0.3) is 0 Å². The van der Waals surface area contributed by atoms with Crippen LogP contribution in [0.4, 0.5) is 8.78 Å². The van der Waals surface area contributed by atoms with Crippen LogP contribution in [0.3, 0.4) is 0 Å². The van der Waals surface area contributed by atoms with E-state index in [9.17, 15) is 29.4 Å². The zero-order chi connectivity index (χ0) is 20.6. The van der Waals surface area contributed by atoms with Crippen LogP contribution >= 0.6 is 0 Å². The third-order valence-corrected chi connectivity index (χ3v) is 5.53. The first-order valence-corrected chi connectivity index (χ1v) is 8.52. The molecule has 1 unspecified atom stereocenters. The molecule has 0 saturated heterocycles. The van der Waals surface area contributed by atoms with Crippen LogP contribution in [-0.2, 0) is 4.79 Å². The predicted molar refractivity (Wildman–Crippen MR) is 93.4 cm³/mol. The second-order valence-corrected chi connectivity index (χ2v) is 6.89. The molecule has 1 fully saturated rings. The first-order valence-electron chi connectivity index (χ1n) is 8.52. The lowest BCUT2D eigenvalue weighted by Crippen LogP contribution is -2.53. The van der Waals surface area contributed by atoms with E-state index >= 15 is 0 Å². The average molecular weight is 379 g/mol. The topological polar surface area (TPSA) is 116 Å². The van der Waals surface area contributed by atoms with Crippen LogP contribution in [0.2, 0.25) is 0 Å². The maximum Gasteiger partial charge on any atom is 0.219 e. The minimum Gasteiger partial charge on any atom is -0.339 e. The van der Waals surface area contributed by atoms with Crippen molar-refractivity contribution in [3.63, 3.8) is 0 Å². The normalized spacial score (nSPS) is 25.6. The van der Waals surface area contributed by atoms with Crippen LogP contribution in [0.1, 0.15) is 18.4 Å². The minimum atomic E-state index is -2.11. The van der Waals surface area contributed by atoms with Crippen LogP contribution in [0.25, 0.3) is 0 Å². The fraction of sp³-hybridized carbons (Fsp3) is 0.350. The van der Waals surface area contributed by atoms with Gasteiger partial charge >= 0.3 is 0 Å². The molecule has 3 rings (SSSR count). The highest BCUT2D eigenvalue weighted by Gasteiger charge is 2.58. The summed E-state index contributed by atoms with van der Waals surface area (Å²) in [5.41, 5.74) is -2.14. The van der Waals surface area contributed by atoms with E-state index in [-0.39, 0.29) is 24.6 Å². The van der Waals surface area contributed by atoms with Crippen molar-refractivity contribution in [1.29, 1.82) is 21.2 Å². The Morgan fingerprint density at radius 3 is 2.50 bits per heavy atom. The van der Waals surface area contributed by atoms with Gasteiger partial charge in [-0.25, -0.2) is 8.78 Å². The second kappa shape index (κ2) is 6.87. The predicted octanol–water partition coefficient (Wildman–Crippen LogP) is 2.66. The number of rotatable bonds is 1. The van der Waals surface area contributed by atoms with Crippen molar-refractivity contribution in [2.45, 2.75) is 12.8 Å². The summed E-state index contributed by atoms with van der Waals surface area (Å²) in [6, 6.07) is 8.44. The highest BCUT2D eigenvalue weighted by atomic mass is 19.1. The summed E-state index contributed by atoms with van der Waals surface area (Å²) in [6.07, 6.45) is 1.63. The summed E-state index contributed by atoms with van der Waals surface area (Å²) >= 11 is 0. The number of hydrogen-bond acceptors (Lipinski definition) is 5. The monoisotopic (exact) mass is 379 g/mol. The summed E-state index contributed by atoms with van der Waals surface area (Å²) in [5.74, 6) is -5.00. The Labute approximate surface area is 160 Å². The van der Waals surface area contributed by atoms with E-state index in [0.29, 0.717) is 11.6 Å². The van der Waals surface area contributed by atoms with E-state index in [2.05, 4.69) is 0 Å². The third kappa shape index (κ3) is 2.64. The molecule has 28 heavy (non-hydrogen) atoms. The van der Waals surface area contributed by atoms with Crippen LogP contribution in [0.5, 0.6) is 0 Å². The molecule has 1 N–H and O–H groups in total. The molecule has 0 radical (unpaired) electrons. The number of hydrogen-bond donors (Lipinski definition) is 1. The van der Waals surface area contributed by atoms with Crippen LogP contribution in [0, 0.1) is 68.3 Å². The van der Waals surface area contributed by atoms with E-state index in [1.807, 2.05) is 18.2 Å². The van der Waals surface area contributed by atoms with E-state index in [4.69, 9.17) is 5.41 Å². The van der Waals surface area contributed by atoms with Gasteiger partial charge in [0.2, 0.25) is 5.91 Å². The zero-order valence-corrected chi connectivity index (χ0v) is 14.9. The van der Waals surface area contributed by atoms with Gasteiger partial charge in [0.15, 0.2) is 5.41 Å². The molecule has 1 aromatic carbocycles. The molecule has 0 spiro atoms. The maximum absolute atomic E-state index is 14.7. The Bertz CT molecular complexity index is 1010. The summed E-state index contributed by atoms with van der Waals surface area (Å²) in [4.78, 5) is 13.3. The van der Waals surface area contributed by atoms with Crippen molar-refractivity contribution in [2.24, 2.45) is 17.3 Å². The van der Waals surface area contributed by atoms with E-state index < -0.39 is 40.5 Å². The van der Waals surface area contributed by atoms with Gasteiger partial charge in [-0.15, -0.1) is 0 Å². The van der Waals surface area contributed by atoms with E-state index in [0.717, 1.165) is 12.1 Å². The molecule has 1 aliphatic heterocycles. The molecule has 3 atom stereocenters. The number of carbonyl (C=O) groups excluding carboxylic acids is 1. The number of nitriles is 3. The first kappa shape index (κ1) is 19.2. The molecular weight excluding hydrogens is 364 g/mol. The molecule has 1 amide bonds. The SMILES string of the molecule is CC(=O)N1CC=C2C(C#N)C(=N)C(C#N)(C#N)[C@@H](c3ccc(F)cc3F)[C@@H]2C1. The molecule has 1 heterocycles. The van der Waals surface area contributed by atoms with Crippen molar-refractivity contribution in [2.75, 3.05) is 13.1 Å². The van der Waals surface area contributed by atoms with Crippen LogP contribution < -0.4 is 0 Å². The Morgan fingerprint density at radius 2 is 1.96 bits per heavy atom. The maximum atomic E-state index is 14.7. The Hall–Kier alpha value is -3.57. The lowest BCUT2D eigenvalue weighted by molar-refractivity contribution is -0.129. The Morgan fingerprint density at radius 1 is 1.29 bits per heavy atom. The largest absolute Gasteiger partial charge is 0.339 e. The molecule has 8 heteroatoms. The van der Waals surface area contributed by atoms with Gasteiger partial charge in [0, 0.05) is 37.9 Å². The second-order valence-electron chi connectivity index (χ2n) is 6.89. The summed E-state index contributed by atoms with van der Waals surface area (Å²) < 4.78 is 28.1. The standard InChI is InChI=1S/C20H15F2N5O/c1-11(28)27-5-4-13-15(7-23)19(26)20(9-24,10-25)18(16(13)8-27)14-3-2-12(21)6-17(14)22/h2-4,6,15-16,18,26H,5,8H2,1H3/t15?,16-,18+/m1/s1. The van der Waals surface area contributed by atoms with Gasteiger partial charge in [-0.2, -0.15) is 15.8 Å². The molecule has 1 saturated carbocycles. The molecule has 2 aliphatic rings. The van der Waals surface area contributed by atoms with Gasteiger partial charge in [-0.3, -0.25) is 4.79 Å². The lowest BCUT2D eigenvalue weighted by Gasteiger charge is -2.47. The number of carbonyl (C=O) groups is 1. The lowest BCUT2D eigenvalue weighted by atomic mass is 9.54. The fourth-order valence-corrected chi connectivity index (χ4v) is 4.16. The average Bonchev–Trinajstić information content (AvgIpc) is 2.67. The van der Waals surface area contributed by atoms with E-state index in [1.54, 1.807) is 6.08 Å². The van der Waals surface area contributed by atoms with Crippen molar-refractivity contribution in [3.05, 3.63) is 47.0 Å². The molecule has 1 aliphatic carbocycles. The van der Waals surface area contributed by atoms with Crippen molar-refractivity contribution in [3.8, 4) is 18.2 Å². The van der Waals surface area contributed by atoms with Gasteiger partial charge in [-0.1, -0.05) is 12.1 Å². The number of benzene rings is 1. The summed E-state index contributed by atoms with van der Waals surface area (Å²) in [5, 5.41) is 37.7. The summed E-state index contributed by atoms with van der Waals surface area (Å²) in [6.45, 7) is 1.65. The number of amides is 1. The summed E-state index contributed by atoms with van der Waals surface area (Å²) in [7, 11) is 0. The van der Waals surface area contributed by atoms with Gasteiger partial charge < -0.3 is 10.3 Å². The molecule has 140 valence electrons. The minimum absolute atomic E-state index is 0.0687. The molecule has 6 nitrogen and oxygen atoms in total. The van der Waals surface area contributed by atoms with Crippen LogP contribution in [-0.4, -0.2) is 29.6 Å². The smallest absolute Gasteiger partial charge is 0.219 e. The molecule has 0 aromatic heterocycles. The van der Waals surface area contributed by atoms with Gasteiger partial charge in [-0.05, 0) is 17.2 Å². The Kier molecular flexibility index (Phi) is 4.71. The quantitative estimate of drug-likeness (QED) is 0.755. The highest BCUT2D eigenvalue weighted by Crippen LogP contribution is 2.53. The first-order chi connectivity index (χ1) is 13.3. The third-order valence-electron chi connectivity index (χ3n) is 5.53. The number of fused-ring (bicyclic) bond motifs is 1. The number of nitrogens with one attached hydrogen (secondary N) is 1. The van der Waals surface area contributed by atoms with Crippen molar-refractivity contribution >= 4 is 11.6 Å². The molecule has 1 aromatic rings. The number of nitrogens with zero attached hydrogens (tertiary/aromatic N) is 4. The Balaban J connectivity index is 2.30.